The van der Waals surface area contributed by atoms with Gasteiger partial charge in [-0.25, -0.2) is 0 Å². The number of aromatic hydroxyl groups is 1. The van der Waals surface area contributed by atoms with Crippen LogP contribution in [-0.2, 0) is 0 Å². The van der Waals surface area contributed by atoms with E-state index in [1.165, 1.54) is 5.56 Å². The molecule has 2 heteroatoms. The summed E-state index contributed by atoms with van der Waals surface area (Å²) < 4.78 is 0. The zero-order valence-corrected chi connectivity index (χ0v) is 18.6. The molecule has 0 aliphatic heterocycles. The lowest BCUT2D eigenvalue weighted by atomic mass is 9.90. The van der Waals surface area contributed by atoms with Crippen LogP contribution in [0, 0.1) is 0 Å². The zero-order chi connectivity index (χ0) is 22.9. The van der Waals surface area contributed by atoms with Crippen LogP contribution in [0.2, 0.25) is 0 Å². The third-order valence-corrected chi connectivity index (χ3v) is 6.34. The molecule has 162 valence electrons. The Kier molecular flexibility index (Phi) is 4.97. The first-order valence-corrected chi connectivity index (χ1v) is 11.4. The minimum Gasteiger partial charge on any atom is -0.507 e. The Labute approximate surface area is 198 Å². The van der Waals surface area contributed by atoms with Gasteiger partial charge in [0.15, 0.2) is 0 Å². The van der Waals surface area contributed by atoms with E-state index in [-0.39, 0.29) is 5.75 Å². The van der Waals surface area contributed by atoms with Gasteiger partial charge in [0, 0.05) is 22.5 Å². The van der Waals surface area contributed by atoms with Crippen molar-refractivity contribution in [1.29, 1.82) is 0 Å². The molecule has 0 atom stereocenters. The quantitative estimate of drug-likeness (QED) is 0.289. The van der Waals surface area contributed by atoms with E-state index in [1.807, 2.05) is 54.6 Å². The predicted molar refractivity (Wildman–Crippen MR) is 144 cm³/mol. The molecule has 0 bridgehead atoms. The molecular weight excluding hydrogens is 414 g/mol. The minimum atomic E-state index is 0.271. The topological polar surface area (TPSA) is 32.3 Å². The summed E-state index contributed by atoms with van der Waals surface area (Å²) in [7, 11) is 0. The number of hydrogen-bond donors (Lipinski definition) is 2. The number of nitrogens with one attached hydrogen (secondary N) is 1. The Bertz CT molecular complexity index is 1620. The van der Waals surface area contributed by atoms with Crippen LogP contribution in [-0.4, -0.2) is 5.11 Å². The smallest absolute Gasteiger partial charge is 0.124 e. The van der Waals surface area contributed by atoms with Gasteiger partial charge in [-0.3, -0.25) is 0 Å². The van der Waals surface area contributed by atoms with Crippen molar-refractivity contribution in [2.75, 3.05) is 5.32 Å². The Balaban J connectivity index is 1.61. The molecule has 2 N–H and O–H groups in total. The van der Waals surface area contributed by atoms with Crippen molar-refractivity contribution >= 4 is 32.9 Å². The van der Waals surface area contributed by atoms with Crippen LogP contribution < -0.4 is 5.32 Å². The van der Waals surface area contributed by atoms with Crippen molar-refractivity contribution in [1.82, 2.24) is 0 Å². The molecular formula is C32H23NO. The zero-order valence-electron chi connectivity index (χ0n) is 18.6. The lowest BCUT2D eigenvalue weighted by molar-refractivity contribution is 0.478. The molecule has 0 radical (unpaired) electrons. The molecule has 0 unspecified atom stereocenters. The lowest BCUT2D eigenvalue weighted by Gasteiger charge is -2.18. The fourth-order valence-corrected chi connectivity index (χ4v) is 4.71. The molecule has 0 fully saturated rings. The van der Waals surface area contributed by atoms with Gasteiger partial charge in [0.2, 0.25) is 0 Å². The van der Waals surface area contributed by atoms with Crippen LogP contribution in [0.1, 0.15) is 0 Å². The SMILES string of the molecule is Oc1ccc2cc(-c3ccccc3)ccc2c1-c1c(Nc2ccccc2)ccc2ccccc12. The fraction of sp³-hybridized carbons (Fsp3) is 0. The number of anilines is 2. The van der Waals surface area contributed by atoms with Crippen molar-refractivity contribution in [3.8, 4) is 28.0 Å². The fourth-order valence-electron chi connectivity index (χ4n) is 4.71. The van der Waals surface area contributed by atoms with Gasteiger partial charge in [0.05, 0.1) is 0 Å². The number of hydrogen-bond acceptors (Lipinski definition) is 2. The highest BCUT2D eigenvalue weighted by Crippen LogP contribution is 2.45. The second-order valence-corrected chi connectivity index (χ2v) is 8.46. The molecule has 0 aromatic heterocycles. The summed E-state index contributed by atoms with van der Waals surface area (Å²) in [5.74, 6) is 0.271. The highest BCUT2D eigenvalue weighted by Gasteiger charge is 2.17. The van der Waals surface area contributed by atoms with Gasteiger partial charge in [-0.1, -0.05) is 97.1 Å². The van der Waals surface area contributed by atoms with E-state index in [0.717, 1.165) is 49.6 Å². The average Bonchev–Trinajstić information content (AvgIpc) is 2.90. The van der Waals surface area contributed by atoms with Gasteiger partial charge in [-0.05, 0) is 63.0 Å². The molecule has 6 aromatic rings. The van der Waals surface area contributed by atoms with Gasteiger partial charge in [0.1, 0.15) is 5.75 Å². The Hall–Kier alpha value is -4.56. The summed E-state index contributed by atoms with van der Waals surface area (Å²) in [6, 6.07) is 43.3. The molecule has 0 saturated heterocycles. The number of benzene rings is 6. The standard InChI is InChI=1S/C32H23NO/c34-30-20-17-25-21-24(22-9-3-1-4-10-22)15-18-28(25)32(30)31-27-14-8-7-11-23(27)16-19-29(31)33-26-12-5-2-6-13-26/h1-21,33-34H. The molecule has 0 amide bonds. The van der Waals surface area contributed by atoms with Crippen molar-refractivity contribution in [2.45, 2.75) is 0 Å². The van der Waals surface area contributed by atoms with Crippen molar-refractivity contribution < 1.29 is 5.11 Å². The van der Waals surface area contributed by atoms with E-state index in [1.54, 1.807) is 6.07 Å². The molecule has 0 saturated carbocycles. The molecule has 0 heterocycles. The highest BCUT2D eigenvalue weighted by atomic mass is 16.3. The second kappa shape index (κ2) is 8.42. The number of para-hydroxylation sites is 1. The van der Waals surface area contributed by atoms with E-state index >= 15 is 0 Å². The highest BCUT2D eigenvalue weighted by molar-refractivity contribution is 6.12. The third-order valence-electron chi connectivity index (χ3n) is 6.34. The van der Waals surface area contributed by atoms with E-state index in [9.17, 15) is 5.11 Å². The summed E-state index contributed by atoms with van der Waals surface area (Å²) in [6.45, 7) is 0. The summed E-state index contributed by atoms with van der Waals surface area (Å²) in [5, 5.41) is 19.1. The Morgan fingerprint density at radius 3 is 1.97 bits per heavy atom. The van der Waals surface area contributed by atoms with Gasteiger partial charge in [-0.15, -0.1) is 0 Å². The van der Waals surface area contributed by atoms with Crippen LogP contribution in [0.25, 0.3) is 43.8 Å². The van der Waals surface area contributed by atoms with Crippen LogP contribution in [0.5, 0.6) is 5.75 Å². The first-order valence-electron chi connectivity index (χ1n) is 11.4. The monoisotopic (exact) mass is 437 g/mol. The Morgan fingerprint density at radius 2 is 1.15 bits per heavy atom. The van der Waals surface area contributed by atoms with Gasteiger partial charge < -0.3 is 10.4 Å². The predicted octanol–water partition coefficient (Wildman–Crippen LogP) is 8.78. The normalized spacial score (nSPS) is 11.1. The molecule has 6 aromatic carbocycles. The minimum absolute atomic E-state index is 0.271. The first-order chi connectivity index (χ1) is 16.8. The summed E-state index contributed by atoms with van der Waals surface area (Å²) in [4.78, 5) is 0. The summed E-state index contributed by atoms with van der Waals surface area (Å²) >= 11 is 0. The van der Waals surface area contributed by atoms with Crippen molar-refractivity contribution in [3.05, 3.63) is 127 Å². The molecule has 6 rings (SSSR count). The van der Waals surface area contributed by atoms with E-state index < -0.39 is 0 Å². The van der Waals surface area contributed by atoms with Gasteiger partial charge >= 0.3 is 0 Å². The van der Waals surface area contributed by atoms with Crippen LogP contribution >= 0.6 is 0 Å². The average molecular weight is 438 g/mol. The molecule has 0 spiro atoms. The maximum Gasteiger partial charge on any atom is 0.124 e. The third kappa shape index (κ3) is 3.56. The Morgan fingerprint density at radius 1 is 0.471 bits per heavy atom. The van der Waals surface area contributed by atoms with E-state index in [0.29, 0.717) is 0 Å². The summed E-state index contributed by atoms with van der Waals surface area (Å²) in [6.07, 6.45) is 0. The number of fused-ring (bicyclic) bond motifs is 2. The van der Waals surface area contributed by atoms with Crippen molar-refractivity contribution in [3.63, 3.8) is 0 Å². The number of phenolic OH excluding ortho intramolecular Hbond substituents is 1. The van der Waals surface area contributed by atoms with Crippen LogP contribution in [0.3, 0.4) is 0 Å². The first kappa shape index (κ1) is 20.1. The van der Waals surface area contributed by atoms with E-state index in [2.05, 4.69) is 72.0 Å². The largest absolute Gasteiger partial charge is 0.507 e. The molecule has 34 heavy (non-hydrogen) atoms. The van der Waals surface area contributed by atoms with Crippen LogP contribution in [0.4, 0.5) is 11.4 Å². The molecule has 0 aliphatic carbocycles. The molecule has 0 aliphatic rings. The van der Waals surface area contributed by atoms with E-state index in [4.69, 9.17) is 0 Å². The molecule has 2 nitrogen and oxygen atoms in total. The van der Waals surface area contributed by atoms with Crippen molar-refractivity contribution in [2.24, 2.45) is 0 Å². The van der Waals surface area contributed by atoms with Gasteiger partial charge in [0.25, 0.3) is 0 Å². The van der Waals surface area contributed by atoms with Gasteiger partial charge in [-0.2, -0.15) is 0 Å². The summed E-state index contributed by atoms with van der Waals surface area (Å²) in [5.41, 5.74) is 6.13. The lowest BCUT2D eigenvalue weighted by Crippen LogP contribution is -1.95. The van der Waals surface area contributed by atoms with Crippen LogP contribution in [0.15, 0.2) is 127 Å². The maximum absolute atomic E-state index is 11.2. The maximum atomic E-state index is 11.2. The second-order valence-electron chi connectivity index (χ2n) is 8.46. The number of rotatable bonds is 4. The number of phenols is 1.